The third-order valence-corrected chi connectivity index (χ3v) is 3.49. The van der Waals surface area contributed by atoms with Crippen LogP contribution >= 0.6 is 15.9 Å². The summed E-state index contributed by atoms with van der Waals surface area (Å²) in [4.78, 5) is 24.5. The van der Waals surface area contributed by atoms with E-state index in [0.717, 1.165) is 15.6 Å². The van der Waals surface area contributed by atoms with Crippen LogP contribution < -0.4 is 5.32 Å². The summed E-state index contributed by atoms with van der Waals surface area (Å²) in [6.45, 7) is 7.83. The van der Waals surface area contributed by atoms with Crippen molar-refractivity contribution in [3.05, 3.63) is 27.7 Å². The standard InChI is InChI=1S/C15H21BrN2O3/c1-9(2)7-18(8-13(19)20)15(21)17-14-11(4)5-10(3)6-12(14)16/h5-6,9H,7-8H2,1-4H3,(H,17,21)(H,19,20). The normalized spacial score (nSPS) is 10.6. The van der Waals surface area contributed by atoms with Crippen LogP contribution in [0, 0.1) is 19.8 Å². The van der Waals surface area contributed by atoms with E-state index in [9.17, 15) is 9.59 Å². The molecule has 0 aliphatic carbocycles. The average Bonchev–Trinajstić information content (AvgIpc) is 2.31. The quantitative estimate of drug-likeness (QED) is 0.845. The number of anilines is 1. The number of urea groups is 1. The largest absolute Gasteiger partial charge is 0.480 e. The number of rotatable bonds is 5. The molecule has 1 aromatic carbocycles. The van der Waals surface area contributed by atoms with Crippen LogP contribution in [0.5, 0.6) is 0 Å². The minimum atomic E-state index is -1.02. The summed E-state index contributed by atoms with van der Waals surface area (Å²) in [6.07, 6.45) is 0. The SMILES string of the molecule is Cc1cc(C)c(NC(=O)N(CC(=O)O)CC(C)C)c(Br)c1. The number of hydrogen-bond donors (Lipinski definition) is 2. The first-order valence-electron chi connectivity index (χ1n) is 6.75. The Hall–Kier alpha value is -1.56. The van der Waals surface area contributed by atoms with E-state index in [1.807, 2.05) is 39.8 Å². The Morgan fingerprint density at radius 2 is 1.95 bits per heavy atom. The van der Waals surface area contributed by atoms with Gasteiger partial charge in [-0.05, 0) is 52.9 Å². The maximum atomic E-state index is 12.3. The van der Waals surface area contributed by atoms with Crippen molar-refractivity contribution < 1.29 is 14.7 Å². The molecule has 1 aromatic rings. The molecule has 0 fully saturated rings. The first-order chi connectivity index (χ1) is 9.70. The molecule has 0 aliphatic rings. The van der Waals surface area contributed by atoms with Crippen LogP contribution in [-0.2, 0) is 4.79 Å². The molecular formula is C15H21BrN2O3. The molecule has 0 radical (unpaired) electrons. The number of aryl methyl sites for hydroxylation is 2. The summed E-state index contributed by atoms with van der Waals surface area (Å²) < 4.78 is 0.785. The minimum absolute atomic E-state index is 0.192. The Bertz CT molecular complexity index is 521. The van der Waals surface area contributed by atoms with E-state index < -0.39 is 12.0 Å². The van der Waals surface area contributed by atoms with Crippen molar-refractivity contribution in [3.8, 4) is 0 Å². The van der Waals surface area contributed by atoms with Gasteiger partial charge in [0.2, 0.25) is 0 Å². The molecule has 2 amide bonds. The molecule has 6 heteroatoms. The number of carbonyl (C=O) groups is 2. The highest BCUT2D eigenvalue weighted by molar-refractivity contribution is 9.10. The second kappa shape index (κ2) is 7.45. The molecule has 0 saturated carbocycles. The first kappa shape index (κ1) is 17.5. The molecule has 0 bridgehead atoms. The third-order valence-electron chi connectivity index (χ3n) is 2.86. The van der Waals surface area contributed by atoms with E-state index in [1.165, 1.54) is 4.90 Å². The molecule has 0 spiro atoms. The molecule has 0 aromatic heterocycles. The second-order valence-corrected chi connectivity index (χ2v) is 6.39. The van der Waals surface area contributed by atoms with E-state index in [0.29, 0.717) is 12.2 Å². The van der Waals surface area contributed by atoms with Crippen LogP contribution in [0.15, 0.2) is 16.6 Å². The van der Waals surface area contributed by atoms with Gasteiger partial charge in [-0.25, -0.2) is 4.79 Å². The molecule has 2 N–H and O–H groups in total. The summed E-state index contributed by atoms with van der Waals surface area (Å²) >= 11 is 3.43. The highest BCUT2D eigenvalue weighted by Gasteiger charge is 2.19. The zero-order valence-corrected chi connectivity index (χ0v) is 14.3. The van der Waals surface area contributed by atoms with Gasteiger partial charge in [0.15, 0.2) is 0 Å². The molecule has 1 rings (SSSR count). The van der Waals surface area contributed by atoms with Gasteiger partial charge < -0.3 is 15.3 Å². The maximum Gasteiger partial charge on any atom is 0.323 e. The van der Waals surface area contributed by atoms with Crippen molar-refractivity contribution in [1.82, 2.24) is 4.90 Å². The Morgan fingerprint density at radius 1 is 1.33 bits per heavy atom. The van der Waals surface area contributed by atoms with Crippen LogP contribution in [0.2, 0.25) is 0 Å². The summed E-state index contributed by atoms with van der Waals surface area (Å²) in [5.74, 6) is -0.830. The number of hydrogen-bond acceptors (Lipinski definition) is 2. The lowest BCUT2D eigenvalue weighted by molar-refractivity contribution is -0.137. The average molecular weight is 357 g/mol. The second-order valence-electron chi connectivity index (χ2n) is 5.54. The van der Waals surface area contributed by atoms with Crippen molar-refractivity contribution in [2.75, 3.05) is 18.4 Å². The van der Waals surface area contributed by atoms with Gasteiger partial charge in [0.05, 0.1) is 5.69 Å². The van der Waals surface area contributed by atoms with Crippen molar-refractivity contribution >= 4 is 33.6 Å². The number of carbonyl (C=O) groups excluding carboxylic acids is 1. The van der Waals surface area contributed by atoms with Gasteiger partial charge in [-0.2, -0.15) is 0 Å². The zero-order chi connectivity index (χ0) is 16.2. The highest BCUT2D eigenvalue weighted by Crippen LogP contribution is 2.28. The number of carboxylic acid groups (broad SMARTS) is 1. The van der Waals surface area contributed by atoms with Crippen molar-refractivity contribution in [1.29, 1.82) is 0 Å². The smallest absolute Gasteiger partial charge is 0.323 e. The van der Waals surface area contributed by atoms with Gasteiger partial charge in [-0.3, -0.25) is 4.79 Å². The lowest BCUT2D eigenvalue weighted by atomic mass is 10.1. The molecule has 0 aliphatic heterocycles. The Balaban J connectivity index is 2.93. The van der Waals surface area contributed by atoms with Gasteiger partial charge in [-0.1, -0.05) is 19.9 Å². The fraction of sp³-hybridized carbons (Fsp3) is 0.467. The predicted octanol–water partition coefficient (Wildman–Crippen LogP) is 3.64. The van der Waals surface area contributed by atoms with Crippen LogP contribution in [0.25, 0.3) is 0 Å². The monoisotopic (exact) mass is 356 g/mol. The van der Waals surface area contributed by atoms with Gasteiger partial charge in [0, 0.05) is 11.0 Å². The summed E-state index contributed by atoms with van der Waals surface area (Å²) in [7, 11) is 0. The number of halogens is 1. The number of amides is 2. The Kier molecular flexibility index (Phi) is 6.20. The van der Waals surface area contributed by atoms with Crippen molar-refractivity contribution in [2.45, 2.75) is 27.7 Å². The lowest BCUT2D eigenvalue weighted by Crippen LogP contribution is -2.41. The van der Waals surface area contributed by atoms with Crippen molar-refractivity contribution in [2.24, 2.45) is 5.92 Å². The highest BCUT2D eigenvalue weighted by atomic mass is 79.9. The zero-order valence-electron chi connectivity index (χ0n) is 12.7. The number of carboxylic acids is 1. The minimum Gasteiger partial charge on any atom is -0.480 e. The number of nitrogens with one attached hydrogen (secondary N) is 1. The maximum absolute atomic E-state index is 12.3. The van der Waals surface area contributed by atoms with Gasteiger partial charge >= 0.3 is 12.0 Å². The number of aliphatic carboxylic acids is 1. The molecule has 21 heavy (non-hydrogen) atoms. The third kappa shape index (κ3) is 5.38. The van der Waals surface area contributed by atoms with Crippen LogP contribution in [0.3, 0.4) is 0 Å². The molecular weight excluding hydrogens is 336 g/mol. The van der Waals surface area contributed by atoms with Crippen molar-refractivity contribution in [3.63, 3.8) is 0 Å². The lowest BCUT2D eigenvalue weighted by Gasteiger charge is -2.24. The summed E-state index contributed by atoms with van der Waals surface area (Å²) in [5.41, 5.74) is 2.68. The van der Waals surface area contributed by atoms with E-state index in [-0.39, 0.29) is 12.5 Å². The Labute approximate surface area is 133 Å². The van der Waals surface area contributed by atoms with Gasteiger partial charge in [-0.15, -0.1) is 0 Å². The van der Waals surface area contributed by atoms with Gasteiger partial charge in [0.1, 0.15) is 6.54 Å². The molecule has 0 unspecified atom stereocenters. The number of nitrogens with zero attached hydrogens (tertiary/aromatic N) is 1. The fourth-order valence-electron chi connectivity index (χ4n) is 2.08. The Morgan fingerprint density at radius 3 is 2.43 bits per heavy atom. The molecule has 0 heterocycles. The van der Waals surface area contributed by atoms with Crippen LogP contribution in [0.4, 0.5) is 10.5 Å². The first-order valence-corrected chi connectivity index (χ1v) is 7.54. The molecule has 0 saturated heterocycles. The van der Waals surface area contributed by atoms with Crippen LogP contribution in [0.1, 0.15) is 25.0 Å². The molecule has 116 valence electrons. The number of benzene rings is 1. The molecule has 5 nitrogen and oxygen atoms in total. The van der Waals surface area contributed by atoms with E-state index >= 15 is 0 Å². The topological polar surface area (TPSA) is 69.6 Å². The summed E-state index contributed by atoms with van der Waals surface area (Å²) in [5, 5.41) is 11.7. The fourth-order valence-corrected chi connectivity index (χ4v) is 2.86. The van der Waals surface area contributed by atoms with Gasteiger partial charge in [0.25, 0.3) is 0 Å². The molecule has 0 atom stereocenters. The summed E-state index contributed by atoms with van der Waals surface area (Å²) in [6, 6.07) is 3.47. The predicted molar refractivity (Wildman–Crippen MR) is 86.7 cm³/mol. The van der Waals surface area contributed by atoms with E-state index in [2.05, 4.69) is 21.2 Å². The van der Waals surface area contributed by atoms with E-state index in [4.69, 9.17) is 5.11 Å². The van der Waals surface area contributed by atoms with E-state index in [1.54, 1.807) is 0 Å². The van der Waals surface area contributed by atoms with Crippen LogP contribution in [-0.4, -0.2) is 35.1 Å².